The van der Waals surface area contributed by atoms with Gasteiger partial charge in [-0.2, -0.15) is 0 Å². The molecule has 0 spiro atoms. The SMILES string of the molecule is CC(C)c1cccc(C(C)C)c1N1C(=CC=C2C(=O)c3c(Cl)c(Cl)c(Cl)c(Cl)c3C2=O)N(c2c(C(C)C)cccc2C(C)C)c2nc3ccccc3nc21. The monoisotopic (exact) mass is 796 g/mol. The number of ketones is 2. The van der Waals surface area contributed by atoms with Crippen molar-refractivity contribution in [1.82, 2.24) is 9.97 Å². The lowest BCUT2D eigenvalue weighted by atomic mass is 9.91. The number of carbonyl (C=O) groups excluding carboxylic acids is 2. The molecule has 0 atom stereocenters. The minimum atomic E-state index is -0.580. The molecule has 0 saturated heterocycles. The normalized spacial score (nSPS) is 14.1. The van der Waals surface area contributed by atoms with E-state index in [1.807, 2.05) is 30.3 Å². The minimum Gasteiger partial charge on any atom is -0.288 e. The van der Waals surface area contributed by atoms with Crippen LogP contribution in [0.4, 0.5) is 23.0 Å². The Bertz CT molecular complexity index is 2250. The van der Waals surface area contributed by atoms with Gasteiger partial charge in [0.05, 0.1) is 59.2 Å². The number of para-hydroxylation sites is 4. The molecule has 2 heterocycles. The second kappa shape index (κ2) is 14.5. The molecule has 54 heavy (non-hydrogen) atoms. The van der Waals surface area contributed by atoms with E-state index in [2.05, 4.69) is 102 Å². The van der Waals surface area contributed by atoms with E-state index in [9.17, 15) is 9.59 Å². The fourth-order valence-electron chi connectivity index (χ4n) is 7.47. The third kappa shape index (κ3) is 6.03. The van der Waals surface area contributed by atoms with Crippen molar-refractivity contribution in [2.45, 2.75) is 79.1 Å². The van der Waals surface area contributed by atoms with Gasteiger partial charge in [0.15, 0.2) is 23.2 Å². The molecular formula is C44H40Cl4N4O2. The Labute approximate surface area is 336 Å². The molecule has 5 aromatic rings. The number of benzene rings is 4. The smallest absolute Gasteiger partial charge is 0.199 e. The topological polar surface area (TPSA) is 66.4 Å². The Kier molecular flexibility index (Phi) is 10.2. The molecule has 0 N–H and O–H groups in total. The standard InChI is InChI=1S/C44H40Cl4N4O2/c1-21(2)25-13-11-14-26(22(3)4)39(25)51-32(20-19-29-41(53)33-34(42(29)54)36(46)38(48)37(47)35(33)45)52(40-27(23(5)6)15-12-16-28(40)24(7)8)44-43(51)49-30-17-9-10-18-31(30)50-44/h9-24H,1-8H3. The molecule has 2 aliphatic rings. The molecule has 276 valence electrons. The first-order valence-electron chi connectivity index (χ1n) is 18.1. The van der Waals surface area contributed by atoms with Crippen molar-refractivity contribution >= 4 is 92.0 Å². The molecule has 0 saturated carbocycles. The predicted octanol–water partition coefficient (Wildman–Crippen LogP) is 13.9. The lowest BCUT2D eigenvalue weighted by Crippen LogP contribution is -2.26. The Morgan fingerprint density at radius 2 is 0.852 bits per heavy atom. The maximum Gasteiger partial charge on any atom is 0.199 e. The van der Waals surface area contributed by atoms with Gasteiger partial charge in [0, 0.05) is 0 Å². The van der Waals surface area contributed by atoms with Gasteiger partial charge in [0.25, 0.3) is 0 Å². The van der Waals surface area contributed by atoms with E-state index < -0.39 is 11.6 Å². The lowest BCUT2D eigenvalue weighted by Gasteiger charge is -2.32. The zero-order valence-electron chi connectivity index (χ0n) is 31.4. The van der Waals surface area contributed by atoms with Crippen LogP contribution in [-0.4, -0.2) is 21.5 Å². The number of anilines is 4. The summed E-state index contributed by atoms with van der Waals surface area (Å²) in [6, 6.07) is 20.6. The van der Waals surface area contributed by atoms with E-state index >= 15 is 0 Å². The molecule has 0 radical (unpaired) electrons. The van der Waals surface area contributed by atoms with E-state index in [0.29, 0.717) is 17.5 Å². The molecular weight excluding hydrogens is 758 g/mol. The van der Waals surface area contributed by atoms with Crippen molar-refractivity contribution in [1.29, 1.82) is 0 Å². The van der Waals surface area contributed by atoms with Crippen LogP contribution < -0.4 is 9.80 Å². The van der Waals surface area contributed by atoms with Gasteiger partial charge in [-0.1, -0.05) is 150 Å². The maximum absolute atomic E-state index is 14.1. The fourth-order valence-corrected chi connectivity index (χ4v) is 8.49. The summed E-state index contributed by atoms with van der Waals surface area (Å²) in [6.45, 7) is 17.4. The van der Waals surface area contributed by atoms with Gasteiger partial charge in [-0.25, -0.2) is 9.97 Å². The molecule has 10 heteroatoms. The van der Waals surface area contributed by atoms with Gasteiger partial charge in [-0.15, -0.1) is 0 Å². The number of Topliss-reactive ketones (excluding diaryl/α,β-unsaturated/α-hetero) is 2. The molecule has 0 fully saturated rings. The summed E-state index contributed by atoms with van der Waals surface area (Å²) in [5, 5.41) is -0.360. The van der Waals surface area contributed by atoms with Crippen LogP contribution in [-0.2, 0) is 0 Å². The number of nitrogens with zero attached hydrogens (tertiary/aromatic N) is 4. The first kappa shape index (κ1) is 38.1. The largest absolute Gasteiger partial charge is 0.288 e. The quantitative estimate of drug-likeness (QED) is 0.0707. The van der Waals surface area contributed by atoms with Crippen LogP contribution in [0.15, 0.2) is 84.2 Å². The van der Waals surface area contributed by atoms with Crippen molar-refractivity contribution in [2.75, 3.05) is 9.80 Å². The molecule has 1 aliphatic carbocycles. The van der Waals surface area contributed by atoms with Crippen LogP contribution in [0, 0.1) is 0 Å². The highest BCUT2D eigenvalue weighted by molar-refractivity contribution is 6.57. The lowest BCUT2D eigenvalue weighted by molar-refractivity contribution is 0.0989. The molecule has 7 rings (SSSR count). The first-order valence-corrected chi connectivity index (χ1v) is 19.7. The summed E-state index contributed by atoms with van der Waals surface area (Å²) in [4.78, 5) is 43.2. The van der Waals surface area contributed by atoms with E-state index in [-0.39, 0.29) is 60.5 Å². The van der Waals surface area contributed by atoms with Crippen LogP contribution in [0.2, 0.25) is 20.1 Å². The number of hydrogen-bond donors (Lipinski definition) is 0. The van der Waals surface area contributed by atoms with Gasteiger partial charge in [0.1, 0.15) is 5.82 Å². The third-order valence-electron chi connectivity index (χ3n) is 10.2. The van der Waals surface area contributed by atoms with Gasteiger partial charge in [-0.3, -0.25) is 19.4 Å². The summed E-state index contributed by atoms with van der Waals surface area (Å²) in [6.07, 6.45) is 3.37. The number of carbonyl (C=O) groups is 2. The third-order valence-corrected chi connectivity index (χ3v) is 12.0. The fraction of sp³-hybridized carbons (Fsp3) is 0.273. The number of aromatic nitrogens is 2. The summed E-state index contributed by atoms with van der Waals surface area (Å²) >= 11 is 25.8. The molecule has 1 aromatic heterocycles. The Morgan fingerprint density at radius 3 is 1.19 bits per heavy atom. The van der Waals surface area contributed by atoms with Crippen molar-refractivity contribution in [2.24, 2.45) is 0 Å². The van der Waals surface area contributed by atoms with Crippen LogP contribution >= 0.6 is 46.4 Å². The number of rotatable bonds is 7. The molecule has 0 bridgehead atoms. The average molecular weight is 799 g/mol. The highest BCUT2D eigenvalue weighted by Gasteiger charge is 2.43. The Balaban J connectivity index is 1.62. The van der Waals surface area contributed by atoms with Crippen LogP contribution in [0.25, 0.3) is 11.0 Å². The maximum atomic E-state index is 14.1. The highest BCUT2D eigenvalue weighted by atomic mass is 35.5. The number of fused-ring (bicyclic) bond motifs is 3. The number of allylic oxidation sites excluding steroid dienone is 3. The molecule has 4 aromatic carbocycles. The average Bonchev–Trinajstić information content (AvgIpc) is 3.58. The second-order valence-corrected chi connectivity index (χ2v) is 16.5. The molecule has 0 amide bonds. The summed E-state index contributed by atoms with van der Waals surface area (Å²) in [7, 11) is 0. The number of hydrogen-bond acceptors (Lipinski definition) is 6. The zero-order valence-corrected chi connectivity index (χ0v) is 34.4. The summed E-state index contributed by atoms with van der Waals surface area (Å²) < 4.78 is 0. The van der Waals surface area contributed by atoms with E-state index in [1.54, 1.807) is 6.08 Å². The van der Waals surface area contributed by atoms with E-state index in [1.165, 1.54) is 0 Å². The zero-order chi connectivity index (χ0) is 38.9. The van der Waals surface area contributed by atoms with Crippen LogP contribution in [0.1, 0.15) is 122 Å². The van der Waals surface area contributed by atoms with Gasteiger partial charge in [0.2, 0.25) is 0 Å². The molecule has 6 nitrogen and oxygen atoms in total. The summed E-state index contributed by atoms with van der Waals surface area (Å²) in [5.74, 6) is 1.34. The highest BCUT2D eigenvalue weighted by Crippen LogP contribution is 2.54. The molecule has 0 unspecified atom stereocenters. The van der Waals surface area contributed by atoms with E-state index in [4.69, 9.17) is 56.4 Å². The Hall–Kier alpha value is -4.20. The number of halogens is 4. The summed E-state index contributed by atoms with van der Waals surface area (Å²) in [5.41, 5.74) is 7.69. The van der Waals surface area contributed by atoms with Crippen LogP contribution in [0.5, 0.6) is 0 Å². The Morgan fingerprint density at radius 1 is 0.500 bits per heavy atom. The predicted molar refractivity (Wildman–Crippen MR) is 224 cm³/mol. The van der Waals surface area contributed by atoms with Gasteiger partial charge < -0.3 is 0 Å². The second-order valence-electron chi connectivity index (χ2n) is 15.0. The van der Waals surface area contributed by atoms with Crippen molar-refractivity contribution in [3.63, 3.8) is 0 Å². The van der Waals surface area contributed by atoms with Crippen LogP contribution in [0.3, 0.4) is 0 Å². The van der Waals surface area contributed by atoms with Gasteiger partial charge >= 0.3 is 0 Å². The first-order chi connectivity index (χ1) is 25.6. The molecule has 1 aliphatic heterocycles. The minimum absolute atomic E-state index is 0.0526. The van der Waals surface area contributed by atoms with Crippen molar-refractivity contribution < 1.29 is 9.59 Å². The van der Waals surface area contributed by atoms with Gasteiger partial charge in [-0.05, 0) is 70.2 Å². The van der Waals surface area contributed by atoms with Crippen molar-refractivity contribution in [3.05, 3.63) is 138 Å². The van der Waals surface area contributed by atoms with Crippen molar-refractivity contribution in [3.8, 4) is 0 Å². The van der Waals surface area contributed by atoms with E-state index in [0.717, 1.165) is 44.7 Å².